The van der Waals surface area contributed by atoms with E-state index in [1.807, 2.05) is 41.8 Å². The van der Waals surface area contributed by atoms with E-state index < -0.39 is 0 Å². The molecule has 1 aromatic carbocycles. The van der Waals surface area contributed by atoms with E-state index in [4.69, 9.17) is 10.5 Å². The second kappa shape index (κ2) is 4.94. The highest BCUT2D eigenvalue weighted by Gasteiger charge is 2.14. The van der Waals surface area contributed by atoms with Gasteiger partial charge in [-0.15, -0.1) is 0 Å². The van der Waals surface area contributed by atoms with E-state index in [0.717, 1.165) is 28.0 Å². The molecule has 0 spiro atoms. The van der Waals surface area contributed by atoms with E-state index in [1.54, 1.807) is 13.3 Å². The van der Waals surface area contributed by atoms with Gasteiger partial charge in [-0.3, -0.25) is 4.57 Å². The number of benzene rings is 1. The number of aryl methyl sites for hydroxylation is 1. The van der Waals surface area contributed by atoms with E-state index in [2.05, 4.69) is 9.97 Å². The van der Waals surface area contributed by atoms with Crippen molar-refractivity contribution in [3.05, 3.63) is 47.7 Å². The Kier molecular flexibility index (Phi) is 3.12. The van der Waals surface area contributed by atoms with Crippen molar-refractivity contribution in [3.8, 4) is 5.69 Å². The summed E-state index contributed by atoms with van der Waals surface area (Å²) in [6, 6.07) is 9.89. The molecule has 0 aliphatic rings. The van der Waals surface area contributed by atoms with Gasteiger partial charge in [-0.2, -0.15) is 0 Å². The molecule has 3 rings (SSSR count). The zero-order chi connectivity index (χ0) is 14.1. The van der Waals surface area contributed by atoms with Crippen molar-refractivity contribution in [2.45, 2.75) is 13.5 Å². The van der Waals surface area contributed by atoms with E-state index >= 15 is 0 Å². The molecule has 0 unspecified atom stereocenters. The third kappa shape index (κ3) is 1.92. The summed E-state index contributed by atoms with van der Waals surface area (Å²) in [5, 5.41) is 0. The molecule has 2 N–H and O–H groups in total. The van der Waals surface area contributed by atoms with Crippen molar-refractivity contribution >= 4 is 17.1 Å². The molecule has 0 saturated heterocycles. The molecule has 2 aromatic heterocycles. The lowest BCUT2D eigenvalue weighted by atomic mass is 10.2. The zero-order valence-corrected chi connectivity index (χ0v) is 11.5. The molecule has 102 valence electrons. The first-order valence-corrected chi connectivity index (χ1v) is 6.39. The molecular weight excluding hydrogens is 252 g/mol. The van der Waals surface area contributed by atoms with Gasteiger partial charge in [0.15, 0.2) is 5.65 Å². The van der Waals surface area contributed by atoms with Gasteiger partial charge < -0.3 is 10.5 Å². The van der Waals surface area contributed by atoms with Crippen molar-refractivity contribution < 1.29 is 4.74 Å². The number of anilines is 1. The number of methoxy groups -OCH3 is 1. The number of hydrogen-bond acceptors (Lipinski definition) is 4. The average Bonchev–Trinajstić information content (AvgIpc) is 2.78. The van der Waals surface area contributed by atoms with Gasteiger partial charge >= 0.3 is 0 Å². The van der Waals surface area contributed by atoms with Crippen LogP contribution in [-0.4, -0.2) is 21.6 Å². The molecule has 3 aromatic rings. The van der Waals surface area contributed by atoms with Crippen LogP contribution in [0.4, 0.5) is 5.95 Å². The minimum Gasteiger partial charge on any atom is -0.380 e. The van der Waals surface area contributed by atoms with Gasteiger partial charge in [-0.1, -0.05) is 18.2 Å². The van der Waals surface area contributed by atoms with E-state index in [-0.39, 0.29) is 0 Å². The van der Waals surface area contributed by atoms with Crippen LogP contribution < -0.4 is 5.73 Å². The lowest BCUT2D eigenvalue weighted by Crippen LogP contribution is -2.05. The van der Waals surface area contributed by atoms with Crippen molar-refractivity contribution in [1.29, 1.82) is 0 Å². The number of nitrogen functional groups attached to an aromatic ring is 1. The summed E-state index contributed by atoms with van der Waals surface area (Å²) in [4.78, 5) is 8.85. The van der Waals surface area contributed by atoms with Gasteiger partial charge in [0, 0.05) is 18.9 Å². The number of nitrogens with two attached hydrogens (primary N) is 1. The third-order valence-electron chi connectivity index (χ3n) is 3.31. The molecule has 5 heteroatoms. The maximum atomic E-state index is 6.09. The first-order valence-electron chi connectivity index (χ1n) is 6.39. The fourth-order valence-electron chi connectivity index (χ4n) is 2.35. The van der Waals surface area contributed by atoms with Crippen LogP contribution in [0.15, 0.2) is 36.5 Å². The summed E-state index contributed by atoms with van der Waals surface area (Å²) >= 11 is 0. The molecule has 0 radical (unpaired) electrons. The van der Waals surface area contributed by atoms with E-state index in [0.29, 0.717) is 12.6 Å². The van der Waals surface area contributed by atoms with Crippen LogP contribution in [0.1, 0.15) is 11.1 Å². The lowest BCUT2D eigenvalue weighted by Gasteiger charge is -2.11. The first kappa shape index (κ1) is 12.6. The Balaban J connectivity index is 2.30. The normalized spacial score (nSPS) is 11.1. The highest BCUT2D eigenvalue weighted by atomic mass is 16.5. The van der Waals surface area contributed by atoms with Crippen molar-refractivity contribution in [2.24, 2.45) is 0 Å². The van der Waals surface area contributed by atoms with Crippen LogP contribution in [0, 0.1) is 6.92 Å². The van der Waals surface area contributed by atoms with Crippen LogP contribution >= 0.6 is 0 Å². The molecule has 5 nitrogen and oxygen atoms in total. The van der Waals surface area contributed by atoms with Crippen molar-refractivity contribution in [1.82, 2.24) is 14.5 Å². The SMILES string of the molecule is COCc1ccccc1-n1c(N)nc2c(C)ccnc21. The molecule has 0 fully saturated rings. The van der Waals surface area contributed by atoms with Gasteiger partial charge in [0.2, 0.25) is 5.95 Å². The number of imidazole rings is 1. The second-order valence-electron chi connectivity index (χ2n) is 4.67. The Bertz CT molecular complexity index is 764. The van der Waals surface area contributed by atoms with E-state index in [1.165, 1.54) is 0 Å². The Labute approximate surface area is 117 Å². The van der Waals surface area contributed by atoms with Crippen LogP contribution in [0.2, 0.25) is 0 Å². The van der Waals surface area contributed by atoms with Crippen LogP contribution in [0.5, 0.6) is 0 Å². The van der Waals surface area contributed by atoms with Gasteiger partial charge in [0.05, 0.1) is 12.3 Å². The standard InChI is InChI=1S/C15H16N4O/c1-10-7-8-17-14-13(10)18-15(16)19(14)12-6-4-3-5-11(12)9-20-2/h3-8H,9H2,1-2H3,(H2,16,18). The number of pyridine rings is 1. The number of fused-ring (bicyclic) bond motifs is 1. The second-order valence-corrected chi connectivity index (χ2v) is 4.67. The third-order valence-corrected chi connectivity index (χ3v) is 3.31. The Morgan fingerprint density at radius 2 is 2.05 bits per heavy atom. The molecule has 20 heavy (non-hydrogen) atoms. The van der Waals surface area contributed by atoms with Crippen LogP contribution in [0.3, 0.4) is 0 Å². The molecule has 0 saturated carbocycles. The summed E-state index contributed by atoms with van der Waals surface area (Å²) in [6.07, 6.45) is 1.77. The van der Waals surface area contributed by atoms with Gasteiger partial charge in [-0.25, -0.2) is 9.97 Å². The quantitative estimate of drug-likeness (QED) is 0.792. The average molecular weight is 268 g/mol. The number of aromatic nitrogens is 3. The summed E-state index contributed by atoms with van der Waals surface area (Å²) in [6.45, 7) is 2.52. The fraction of sp³-hybridized carbons (Fsp3) is 0.200. The van der Waals surface area contributed by atoms with Gasteiger partial charge in [0.25, 0.3) is 0 Å². The topological polar surface area (TPSA) is 66.0 Å². The molecule has 0 atom stereocenters. The van der Waals surface area contributed by atoms with Gasteiger partial charge in [-0.05, 0) is 24.6 Å². The Morgan fingerprint density at radius 3 is 2.85 bits per heavy atom. The molecule has 2 heterocycles. The Morgan fingerprint density at radius 1 is 1.25 bits per heavy atom. The van der Waals surface area contributed by atoms with E-state index in [9.17, 15) is 0 Å². The predicted octanol–water partition coefficient (Wildman–Crippen LogP) is 2.46. The first-order chi connectivity index (χ1) is 9.72. The van der Waals surface area contributed by atoms with Gasteiger partial charge in [0.1, 0.15) is 5.52 Å². The summed E-state index contributed by atoms with van der Waals surface area (Å²) in [7, 11) is 1.68. The number of nitrogens with zero attached hydrogens (tertiary/aromatic N) is 3. The Hall–Kier alpha value is -2.40. The molecule has 0 amide bonds. The van der Waals surface area contributed by atoms with Crippen molar-refractivity contribution in [2.75, 3.05) is 12.8 Å². The van der Waals surface area contributed by atoms with Crippen LogP contribution in [-0.2, 0) is 11.3 Å². The largest absolute Gasteiger partial charge is 0.380 e. The highest BCUT2D eigenvalue weighted by Crippen LogP contribution is 2.25. The smallest absolute Gasteiger partial charge is 0.207 e. The molecule has 0 bridgehead atoms. The monoisotopic (exact) mass is 268 g/mol. The minimum atomic E-state index is 0.436. The van der Waals surface area contributed by atoms with Crippen molar-refractivity contribution in [3.63, 3.8) is 0 Å². The summed E-state index contributed by atoms with van der Waals surface area (Å²) < 4.78 is 7.12. The summed E-state index contributed by atoms with van der Waals surface area (Å²) in [5.41, 5.74) is 10.7. The lowest BCUT2D eigenvalue weighted by molar-refractivity contribution is 0.185. The number of rotatable bonds is 3. The highest BCUT2D eigenvalue weighted by molar-refractivity contribution is 5.80. The predicted molar refractivity (Wildman–Crippen MR) is 78.7 cm³/mol. The number of ether oxygens (including phenoxy) is 1. The molecule has 0 aliphatic heterocycles. The maximum Gasteiger partial charge on any atom is 0.207 e. The number of para-hydroxylation sites is 1. The molecule has 0 aliphatic carbocycles. The minimum absolute atomic E-state index is 0.436. The fourth-order valence-corrected chi connectivity index (χ4v) is 2.35. The summed E-state index contributed by atoms with van der Waals surface area (Å²) in [5.74, 6) is 0.436. The number of hydrogen-bond donors (Lipinski definition) is 1. The van der Waals surface area contributed by atoms with Crippen LogP contribution in [0.25, 0.3) is 16.9 Å². The molecular formula is C15H16N4O. The maximum absolute atomic E-state index is 6.09. The zero-order valence-electron chi connectivity index (χ0n) is 11.5.